The third-order valence-electron chi connectivity index (χ3n) is 4.69. The molecular formula is C22H22F3N3O2S. The van der Waals surface area contributed by atoms with Gasteiger partial charge in [-0.05, 0) is 61.7 Å². The van der Waals surface area contributed by atoms with E-state index in [-0.39, 0.29) is 11.5 Å². The number of aromatic nitrogens is 2. The normalized spacial score (nSPS) is 13.2. The molecule has 0 atom stereocenters. The SMILES string of the molecule is C=C(C)/C=C(/c1cccc(C(F)(F)F)c1)c1ccc2nc(N)n(S(=O)(=O)C(C)C)c2c1. The van der Waals surface area contributed by atoms with Crippen molar-refractivity contribution in [2.45, 2.75) is 32.2 Å². The van der Waals surface area contributed by atoms with Crippen LogP contribution < -0.4 is 5.73 Å². The van der Waals surface area contributed by atoms with Gasteiger partial charge in [-0.15, -0.1) is 0 Å². The number of nitrogens with two attached hydrogens (primary N) is 1. The monoisotopic (exact) mass is 449 g/mol. The van der Waals surface area contributed by atoms with E-state index < -0.39 is 27.0 Å². The Balaban J connectivity index is 2.28. The van der Waals surface area contributed by atoms with Gasteiger partial charge in [0.05, 0.1) is 21.8 Å². The summed E-state index contributed by atoms with van der Waals surface area (Å²) in [4.78, 5) is 4.12. The average Bonchev–Trinajstić information content (AvgIpc) is 3.00. The number of hydrogen-bond donors (Lipinski definition) is 1. The van der Waals surface area contributed by atoms with Gasteiger partial charge >= 0.3 is 6.18 Å². The number of allylic oxidation sites excluding steroid dienone is 2. The molecule has 0 bridgehead atoms. The van der Waals surface area contributed by atoms with E-state index in [9.17, 15) is 21.6 Å². The third kappa shape index (κ3) is 4.36. The van der Waals surface area contributed by atoms with Crippen LogP contribution in [0.4, 0.5) is 19.1 Å². The van der Waals surface area contributed by atoms with Crippen LogP contribution in [0.3, 0.4) is 0 Å². The lowest BCUT2D eigenvalue weighted by Crippen LogP contribution is -2.23. The van der Waals surface area contributed by atoms with E-state index in [2.05, 4.69) is 11.6 Å². The summed E-state index contributed by atoms with van der Waals surface area (Å²) in [6, 6.07) is 9.75. The van der Waals surface area contributed by atoms with E-state index in [0.29, 0.717) is 27.8 Å². The van der Waals surface area contributed by atoms with E-state index in [4.69, 9.17) is 5.73 Å². The summed E-state index contributed by atoms with van der Waals surface area (Å²) in [6.07, 6.45) is -2.84. The number of nitrogens with zero attached hydrogens (tertiary/aromatic N) is 2. The molecule has 0 radical (unpaired) electrons. The Labute approximate surface area is 178 Å². The van der Waals surface area contributed by atoms with Gasteiger partial charge in [-0.1, -0.05) is 36.4 Å². The maximum absolute atomic E-state index is 13.2. The minimum absolute atomic E-state index is 0.176. The minimum Gasteiger partial charge on any atom is -0.368 e. The van der Waals surface area contributed by atoms with Gasteiger partial charge in [0.1, 0.15) is 0 Å². The molecule has 2 N–H and O–H groups in total. The molecule has 5 nitrogen and oxygen atoms in total. The number of fused-ring (bicyclic) bond motifs is 1. The van der Waals surface area contributed by atoms with Crippen LogP contribution in [0.2, 0.25) is 0 Å². The molecule has 9 heteroatoms. The minimum atomic E-state index is -4.49. The topological polar surface area (TPSA) is 78.0 Å². The van der Waals surface area contributed by atoms with Crippen molar-refractivity contribution >= 4 is 32.6 Å². The summed E-state index contributed by atoms with van der Waals surface area (Å²) in [5.41, 5.74) is 7.64. The van der Waals surface area contributed by atoms with E-state index in [1.807, 2.05) is 0 Å². The van der Waals surface area contributed by atoms with Crippen molar-refractivity contribution in [3.63, 3.8) is 0 Å². The number of halogens is 3. The van der Waals surface area contributed by atoms with E-state index in [1.54, 1.807) is 37.3 Å². The number of hydrogen-bond acceptors (Lipinski definition) is 4. The fourth-order valence-electron chi connectivity index (χ4n) is 3.16. The van der Waals surface area contributed by atoms with Crippen LogP contribution in [0, 0.1) is 0 Å². The number of alkyl halides is 3. The predicted molar refractivity (Wildman–Crippen MR) is 117 cm³/mol. The molecule has 3 aromatic rings. The second kappa shape index (κ2) is 7.88. The molecule has 0 aliphatic rings. The first kappa shape index (κ1) is 22.6. The summed E-state index contributed by atoms with van der Waals surface area (Å²) < 4.78 is 66.3. The molecule has 3 rings (SSSR count). The molecule has 164 valence electrons. The van der Waals surface area contributed by atoms with Crippen molar-refractivity contribution in [2.75, 3.05) is 5.73 Å². The maximum atomic E-state index is 13.2. The number of rotatable bonds is 5. The number of nitrogen functional groups attached to an aromatic ring is 1. The standard InChI is InChI=1S/C22H22F3N3O2S/c1-13(2)10-18(15-6-5-7-17(11-15)22(23,24)25)16-8-9-19-20(12-16)28(21(26)27-19)31(29,30)14(3)4/h5-12,14H,1H2,2-4H3,(H2,26,27)/b18-10-. The van der Waals surface area contributed by atoms with Crippen molar-refractivity contribution in [1.82, 2.24) is 8.96 Å². The van der Waals surface area contributed by atoms with Crippen LogP contribution in [-0.2, 0) is 16.2 Å². The molecule has 0 spiro atoms. The van der Waals surface area contributed by atoms with Crippen LogP contribution >= 0.6 is 0 Å². The van der Waals surface area contributed by atoms with Crippen molar-refractivity contribution in [2.24, 2.45) is 0 Å². The summed E-state index contributed by atoms with van der Waals surface area (Å²) in [6.45, 7) is 8.61. The molecule has 0 aliphatic heterocycles. The third-order valence-corrected chi connectivity index (χ3v) is 6.77. The Morgan fingerprint density at radius 2 is 1.81 bits per heavy atom. The molecule has 0 amide bonds. The zero-order valence-electron chi connectivity index (χ0n) is 17.2. The van der Waals surface area contributed by atoms with Crippen molar-refractivity contribution in [1.29, 1.82) is 0 Å². The number of anilines is 1. The van der Waals surface area contributed by atoms with Gasteiger partial charge in [-0.25, -0.2) is 17.4 Å². The molecule has 0 aliphatic carbocycles. The Bertz CT molecular complexity index is 1300. The highest BCUT2D eigenvalue weighted by Gasteiger charge is 2.31. The van der Waals surface area contributed by atoms with Crippen molar-refractivity contribution in [3.05, 3.63) is 77.4 Å². The summed E-state index contributed by atoms with van der Waals surface area (Å²) in [5, 5.41) is -0.746. The van der Waals surface area contributed by atoms with Crippen LogP contribution in [0.5, 0.6) is 0 Å². The van der Waals surface area contributed by atoms with Gasteiger partial charge in [0.25, 0.3) is 0 Å². The quantitative estimate of drug-likeness (QED) is 0.541. The lowest BCUT2D eigenvalue weighted by Gasteiger charge is -2.14. The van der Waals surface area contributed by atoms with Gasteiger partial charge in [0, 0.05) is 0 Å². The van der Waals surface area contributed by atoms with Crippen molar-refractivity contribution in [3.8, 4) is 0 Å². The summed E-state index contributed by atoms with van der Waals surface area (Å²) in [7, 11) is -3.80. The predicted octanol–water partition coefficient (Wildman–Crippen LogP) is 5.23. The molecule has 1 aromatic heterocycles. The lowest BCUT2D eigenvalue weighted by atomic mass is 9.94. The van der Waals surface area contributed by atoms with Gasteiger partial charge in [0.15, 0.2) is 0 Å². The Kier molecular flexibility index (Phi) is 5.75. The molecule has 0 unspecified atom stereocenters. The van der Waals surface area contributed by atoms with E-state index >= 15 is 0 Å². The first-order valence-corrected chi connectivity index (χ1v) is 10.9. The zero-order chi connectivity index (χ0) is 23.1. The second-order valence-electron chi connectivity index (χ2n) is 7.51. The Morgan fingerprint density at radius 1 is 1.16 bits per heavy atom. The Morgan fingerprint density at radius 3 is 2.39 bits per heavy atom. The molecule has 0 saturated carbocycles. The fourth-order valence-corrected chi connectivity index (χ4v) is 4.31. The second-order valence-corrected chi connectivity index (χ2v) is 9.85. The lowest BCUT2D eigenvalue weighted by molar-refractivity contribution is -0.137. The maximum Gasteiger partial charge on any atom is 0.416 e. The highest BCUT2D eigenvalue weighted by Crippen LogP contribution is 2.34. The molecule has 0 fully saturated rings. The zero-order valence-corrected chi connectivity index (χ0v) is 18.1. The largest absolute Gasteiger partial charge is 0.416 e. The number of imidazole rings is 1. The Hall–Kier alpha value is -3.07. The van der Waals surface area contributed by atoms with Crippen LogP contribution in [0.25, 0.3) is 16.6 Å². The van der Waals surface area contributed by atoms with Crippen LogP contribution in [-0.4, -0.2) is 22.6 Å². The molecule has 0 saturated heterocycles. The van der Waals surface area contributed by atoms with Gasteiger partial charge in [0.2, 0.25) is 16.0 Å². The van der Waals surface area contributed by atoms with Crippen LogP contribution in [0.1, 0.15) is 37.5 Å². The summed E-state index contributed by atoms with van der Waals surface area (Å²) in [5.74, 6) is -0.176. The molecule has 31 heavy (non-hydrogen) atoms. The van der Waals surface area contributed by atoms with Gasteiger partial charge in [-0.2, -0.15) is 13.2 Å². The first-order valence-electron chi connectivity index (χ1n) is 9.40. The van der Waals surface area contributed by atoms with E-state index in [1.165, 1.54) is 19.9 Å². The fraction of sp³-hybridized carbons (Fsp3) is 0.227. The van der Waals surface area contributed by atoms with E-state index in [0.717, 1.165) is 16.1 Å². The summed E-state index contributed by atoms with van der Waals surface area (Å²) >= 11 is 0. The molecule has 1 heterocycles. The van der Waals surface area contributed by atoms with Gasteiger partial charge < -0.3 is 5.73 Å². The van der Waals surface area contributed by atoms with Gasteiger partial charge in [-0.3, -0.25) is 0 Å². The number of benzene rings is 2. The molecular weight excluding hydrogens is 427 g/mol. The van der Waals surface area contributed by atoms with Crippen molar-refractivity contribution < 1.29 is 21.6 Å². The average molecular weight is 449 g/mol. The smallest absolute Gasteiger partial charge is 0.368 e. The highest BCUT2D eigenvalue weighted by molar-refractivity contribution is 7.90. The van der Waals surface area contributed by atoms with Crippen LogP contribution in [0.15, 0.2) is 60.7 Å². The molecule has 2 aromatic carbocycles. The highest BCUT2D eigenvalue weighted by atomic mass is 32.2. The first-order chi connectivity index (χ1) is 14.3.